The van der Waals surface area contributed by atoms with Crippen LogP contribution in [0.1, 0.15) is 23.6 Å². The van der Waals surface area contributed by atoms with Crippen LogP contribution in [0.5, 0.6) is 5.75 Å². The first-order valence-corrected chi connectivity index (χ1v) is 11.7. The molecule has 7 nitrogen and oxygen atoms in total. The van der Waals surface area contributed by atoms with Crippen molar-refractivity contribution < 1.29 is 27.4 Å². The van der Waals surface area contributed by atoms with Crippen LogP contribution in [0.4, 0.5) is 4.39 Å². The van der Waals surface area contributed by atoms with Crippen molar-refractivity contribution in [1.82, 2.24) is 4.31 Å². The number of ether oxygens (including phenoxy) is 1. The quantitative estimate of drug-likeness (QED) is 0.523. The van der Waals surface area contributed by atoms with Crippen LogP contribution in [0, 0.1) is 5.82 Å². The number of benzene rings is 3. The van der Waals surface area contributed by atoms with Crippen LogP contribution in [0.15, 0.2) is 83.8 Å². The zero-order valence-corrected chi connectivity index (χ0v) is 18.4. The van der Waals surface area contributed by atoms with Crippen LogP contribution < -0.4 is 10.5 Å². The molecule has 1 aliphatic rings. The average Bonchev–Trinajstić information content (AvgIpc) is 2.76. The summed E-state index contributed by atoms with van der Waals surface area (Å²) in [5, 5.41) is 8.97. The predicted octanol–water partition coefficient (Wildman–Crippen LogP) is 3.28. The van der Waals surface area contributed by atoms with E-state index < -0.39 is 33.5 Å². The van der Waals surface area contributed by atoms with Crippen LogP contribution in [0.2, 0.25) is 0 Å². The molecule has 0 radical (unpaired) electrons. The van der Waals surface area contributed by atoms with E-state index in [9.17, 15) is 17.6 Å². The molecule has 1 saturated heterocycles. The molecule has 0 aliphatic carbocycles. The highest BCUT2D eigenvalue weighted by Crippen LogP contribution is 2.40. The molecular weight excluding hydrogens is 447 g/mol. The number of nitrogens with zero attached hydrogens (tertiary/aromatic N) is 1. The van der Waals surface area contributed by atoms with Gasteiger partial charge in [-0.1, -0.05) is 48.5 Å². The average molecular weight is 471 g/mol. The molecule has 3 N–H and O–H groups in total. The van der Waals surface area contributed by atoms with Crippen molar-refractivity contribution in [2.75, 3.05) is 13.1 Å². The summed E-state index contributed by atoms with van der Waals surface area (Å²) in [6.45, 7) is 0.0581. The van der Waals surface area contributed by atoms with Gasteiger partial charge in [0, 0.05) is 12.1 Å². The van der Waals surface area contributed by atoms with Gasteiger partial charge in [0.15, 0.2) is 5.60 Å². The van der Waals surface area contributed by atoms with Crippen LogP contribution in [-0.4, -0.2) is 36.9 Å². The molecular formula is C24H23FN2O5S. The molecule has 1 fully saturated rings. The molecule has 0 aromatic heterocycles. The van der Waals surface area contributed by atoms with Gasteiger partial charge in [-0.25, -0.2) is 12.8 Å². The van der Waals surface area contributed by atoms with Crippen LogP contribution in [0.25, 0.3) is 0 Å². The summed E-state index contributed by atoms with van der Waals surface area (Å²) in [7, 11) is -3.89. The second kappa shape index (κ2) is 8.93. The molecule has 4 rings (SSSR count). The molecule has 1 heterocycles. The molecule has 0 amide bonds. The summed E-state index contributed by atoms with van der Waals surface area (Å²) in [5.41, 5.74) is 6.13. The third-order valence-corrected chi connectivity index (χ3v) is 7.38. The Hall–Kier alpha value is -3.27. The van der Waals surface area contributed by atoms with Gasteiger partial charge >= 0.3 is 5.97 Å². The SMILES string of the molecule is N[C@@H](CC(=O)O)c1cccc(S(=O)(=O)N2CC(Oc3cccc(F)c3)(c3ccccc3)C2)c1. The predicted molar refractivity (Wildman–Crippen MR) is 120 cm³/mol. The minimum Gasteiger partial charge on any atom is -0.481 e. The number of hydrogen-bond donors (Lipinski definition) is 2. The Kier molecular flexibility index (Phi) is 6.20. The number of aliphatic carboxylic acids is 1. The first kappa shape index (κ1) is 22.9. The Bertz CT molecular complexity index is 1260. The Morgan fingerprint density at radius 2 is 1.76 bits per heavy atom. The summed E-state index contributed by atoms with van der Waals surface area (Å²) in [6, 6.07) is 20.1. The van der Waals surface area contributed by atoms with E-state index in [0.717, 1.165) is 5.56 Å². The zero-order valence-electron chi connectivity index (χ0n) is 17.6. The summed E-state index contributed by atoms with van der Waals surface area (Å²) in [4.78, 5) is 11.0. The van der Waals surface area contributed by atoms with Gasteiger partial charge < -0.3 is 15.6 Å². The molecule has 0 bridgehead atoms. The molecule has 0 saturated carbocycles. The third-order valence-electron chi connectivity index (χ3n) is 5.59. The first-order chi connectivity index (χ1) is 15.7. The number of halogens is 1. The van der Waals surface area contributed by atoms with Crippen molar-refractivity contribution in [2.45, 2.75) is 23.0 Å². The molecule has 3 aromatic carbocycles. The van der Waals surface area contributed by atoms with Gasteiger partial charge in [0.1, 0.15) is 11.6 Å². The number of carboxylic acid groups (broad SMARTS) is 1. The maximum Gasteiger partial charge on any atom is 0.305 e. The van der Waals surface area contributed by atoms with E-state index >= 15 is 0 Å². The van der Waals surface area contributed by atoms with Gasteiger partial charge in [0.05, 0.1) is 24.4 Å². The number of sulfonamides is 1. The lowest BCUT2D eigenvalue weighted by molar-refractivity contribution is -0.137. The number of carboxylic acids is 1. The summed E-state index contributed by atoms with van der Waals surface area (Å²) in [6.07, 6.45) is -0.314. The molecule has 9 heteroatoms. The van der Waals surface area contributed by atoms with E-state index in [1.165, 1.54) is 40.7 Å². The number of carbonyl (C=O) groups is 1. The molecule has 0 unspecified atom stereocenters. The highest BCUT2D eigenvalue weighted by Gasteiger charge is 2.52. The van der Waals surface area contributed by atoms with Crippen molar-refractivity contribution in [2.24, 2.45) is 5.73 Å². The summed E-state index contributed by atoms with van der Waals surface area (Å²) in [5.74, 6) is -1.22. The van der Waals surface area contributed by atoms with Crippen molar-refractivity contribution in [1.29, 1.82) is 0 Å². The summed E-state index contributed by atoms with van der Waals surface area (Å²) >= 11 is 0. The van der Waals surface area contributed by atoms with E-state index in [4.69, 9.17) is 15.6 Å². The fraction of sp³-hybridized carbons (Fsp3) is 0.208. The lowest BCUT2D eigenvalue weighted by atomic mass is 9.87. The van der Waals surface area contributed by atoms with Gasteiger partial charge in [-0.15, -0.1) is 0 Å². The van der Waals surface area contributed by atoms with Crippen molar-refractivity contribution in [3.05, 3.63) is 95.8 Å². The third kappa shape index (κ3) is 4.75. The molecule has 3 aromatic rings. The Balaban J connectivity index is 1.60. The Labute approximate surface area is 191 Å². The maximum atomic E-state index is 13.7. The number of hydrogen-bond acceptors (Lipinski definition) is 5. The van der Waals surface area contributed by atoms with E-state index in [1.54, 1.807) is 12.1 Å². The second-order valence-corrected chi connectivity index (χ2v) is 9.91. The van der Waals surface area contributed by atoms with Gasteiger partial charge in [-0.3, -0.25) is 4.79 Å². The fourth-order valence-corrected chi connectivity index (χ4v) is 5.45. The number of nitrogens with two attached hydrogens (primary N) is 1. The largest absolute Gasteiger partial charge is 0.481 e. The molecule has 33 heavy (non-hydrogen) atoms. The fourth-order valence-electron chi connectivity index (χ4n) is 3.86. The lowest BCUT2D eigenvalue weighted by Gasteiger charge is -2.48. The van der Waals surface area contributed by atoms with E-state index in [0.29, 0.717) is 11.3 Å². The van der Waals surface area contributed by atoms with Crippen LogP contribution in [-0.2, 0) is 20.4 Å². The van der Waals surface area contributed by atoms with Gasteiger partial charge in [0.25, 0.3) is 0 Å². The monoisotopic (exact) mass is 470 g/mol. The van der Waals surface area contributed by atoms with Crippen LogP contribution >= 0.6 is 0 Å². The Morgan fingerprint density at radius 3 is 2.42 bits per heavy atom. The highest BCUT2D eigenvalue weighted by atomic mass is 32.2. The van der Waals surface area contributed by atoms with Gasteiger partial charge in [-0.05, 0) is 35.4 Å². The maximum absolute atomic E-state index is 13.7. The van der Waals surface area contributed by atoms with Crippen molar-refractivity contribution >= 4 is 16.0 Å². The molecule has 1 aliphatic heterocycles. The lowest BCUT2D eigenvalue weighted by Crippen LogP contribution is -2.64. The van der Waals surface area contributed by atoms with Crippen LogP contribution in [0.3, 0.4) is 0 Å². The van der Waals surface area contributed by atoms with Gasteiger partial charge in [-0.2, -0.15) is 4.31 Å². The standard InChI is InChI=1S/C24H23FN2O5S/c25-19-9-5-10-20(13-19)32-24(18-7-2-1-3-8-18)15-27(16-24)33(30,31)21-11-4-6-17(12-21)22(26)14-23(28)29/h1-13,22H,14-16,26H2,(H,28,29)/t22-/m0/s1. The highest BCUT2D eigenvalue weighted by molar-refractivity contribution is 7.89. The molecule has 0 spiro atoms. The Morgan fingerprint density at radius 1 is 1.06 bits per heavy atom. The van der Waals surface area contributed by atoms with E-state index in [-0.39, 0.29) is 24.4 Å². The summed E-state index contributed by atoms with van der Waals surface area (Å²) < 4.78 is 47.7. The zero-order chi connectivity index (χ0) is 23.6. The van der Waals surface area contributed by atoms with Gasteiger partial charge in [0.2, 0.25) is 10.0 Å². The van der Waals surface area contributed by atoms with Crippen molar-refractivity contribution in [3.8, 4) is 5.75 Å². The normalized spacial score (nSPS) is 16.5. The number of rotatable bonds is 8. The molecule has 1 atom stereocenters. The van der Waals surface area contributed by atoms with Crippen molar-refractivity contribution in [3.63, 3.8) is 0 Å². The minimum absolute atomic E-state index is 0.0215. The van der Waals surface area contributed by atoms with E-state index in [2.05, 4.69) is 0 Å². The second-order valence-electron chi connectivity index (χ2n) is 7.97. The first-order valence-electron chi connectivity index (χ1n) is 10.3. The topological polar surface area (TPSA) is 110 Å². The van der Waals surface area contributed by atoms with E-state index in [1.807, 2.05) is 30.3 Å². The minimum atomic E-state index is -3.89. The molecule has 172 valence electrons. The smallest absolute Gasteiger partial charge is 0.305 e.